The summed E-state index contributed by atoms with van der Waals surface area (Å²) in [5.41, 5.74) is 2.10. The number of anilines is 1. The maximum Gasteiger partial charge on any atom is 0.309 e. The summed E-state index contributed by atoms with van der Waals surface area (Å²) in [6.07, 6.45) is 2.60. The number of methoxy groups -OCH3 is 1. The first-order valence-corrected chi connectivity index (χ1v) is 9.30. The number of piperidine rings is 1. The maximum absolute atomic E-state index is 12.7. The van der Waals surface area contributed by atoms with Crippen molar-refractivity contribution < 1.29 is 19.2 Å². The molecule has 1 aliphatic heterocycles. The summed E-state index contributed by atoms with van der Waals surface area (Å²) in [5, 5.41) is 3.12. The Morgan fingerprint density at radius 3 is 2.48 bits per heavy atom. The lowest BCUT2D eigenvalue weighted by molar-refractivity contribution is -0.919. The Balaban J connectivity index is 1.97. The van der Waals surface area contributed by atoms with Gasteiger partial charge in [0.2, 0.25) is 0 Å². The number of nitrogens with one attached hydrogen (secondary N) is 2. The molecule has 1 fully saturated rings. The molecule has 2 rings (SSSR count). The Bertz CT molecular complexity index is 594. The lowest BCUT2D eigenvalue weighted by Gasteiger charge is -2.31. The lowest BCUT2D eigenvalue weighted by atomic mass is 9.95. The van der Waals surface area contributed by atoms with Gasteiger partial charge < -0.3 is 15.0 Å². The van der Waals surface area contributed by atoms with Crippen molar-refractivity contribution in [2.24, 2.45) is 5.92 Å². The number of quaternary nitrogens is 1. The van der Waals surface area contributed by atoms with E-state index in [4.69, 9.17) is 4.74 Å². The first-order chi connectivity index (χ1) is 12.0. The van der Waals surface area contributed by atoms with Crippen LogP contribution in [0.15, 0.2) is 24.3 Å². The van der Waals surface area contributed by atoms with E-state index < -0.39 is 0 Å². The third-order valence-electron chi connectivity index (χ3n) is 5.53. The molecule has 2 N–H and O–H groups in total. The molecule has 1 amide bonds. The van der Waals surface area contributed by atoms with Gasteiger partial charge in [0.15, 0.2) is 6.04 Å². The minimum absolute atomic E-state index is 0.0184. The zero-order chi connectivity index (χ0) is 18.4. The summed E-state index contributed by atoms with van der Waals surface area (Å²) in [7, 11) is 1.44. The lowest BCUT2D eigenvalue weighted by Crippen LogP contribution is -3.17. The van der Waals surface area contributed by atoms with E-state index in [1.807, 2.05) is 25.1 Å². The smallest absolute Gasteiger partial charge is 0.309 e. The third-order valence-corrected chi connectivity index (χ3v) is 5.53. The van der Waals surface area contributed by atoms with Gasteiger partial charge in [-0.25, -0.2) is 0 Å². The maximum atomic E-state index is 12.7. The van der Waals surface area contributed by atoms with Crippen molar-refractivity contribution >= 4 is 17.6 Å². The largest absolute Gasteiger partial charge is 0.469 e. The molecule has 1 aromatic carbocycles. The summed E-state index contributed by atoms with van der Waals surface area (Å²) >= 11 is 0. The molecule has 0 saturated carbocycles. The van der Waals surface area contributed by atoms with Crippen molar-refractivity contribution in [1.82, 2.24) is 0 Å². The Morgan fingerprint density at radius 1 is 1.24 bits per heavy atom. The summed E-state index contributed by atoms with van der Waals surface area (Å²) < 4.78 is 4.83. The van der Waals surface area contributed by atoms with Crippen LogP contribution >= 0.6 is 0 Å². The van der Waals surface area contributed by atoms with E-state index in [1.165, 1.54) is 17.6 Å². The molecule has 1 heterocycles. The highest BCUT2D eigenvalue weighted by Gasteiger charge is 2.33. The van der Waals surface area contributed by atoms with Gasteiger partial charge in [-0.2, -0.15) is 0 Å². The Morgan fingerprint density at radius 2 is 1.88 bits per heavy atom. The van der Waals surface area contributed by atoms with Crippen LogP contribution in [0, 0.1) is 5.92 Å². The molecule has 5 nitrogen and oxygen atoms in total. The van der Waals surface area contributed by atoms with Crippen molar-refractivity contribution in [2.75, 3.05) is 25.5 Å². The number of benzene rings is 1. The van der Waals surface area contributed by atoms with Crippen molar-refractivity contribution in [3.63, 3.8) is 0 Å². The van der Waals surface area contributed by atoms with Crippen LogP contribution in [-0.4, -0.2) is 38.1 Å². The van der Waals surface area contributed by atoms with E-state index in [2.05, 4.69) is 25.2 Å². The molecule has 0 spiro atoms. The zero-order valence-electron chi connectivity index (χ0n) is 15.8. The number of likely N-dealkylation sites (tertiary alicyclic amines) is 1. The van der Waals surface area contributed by atoms with E-state index in [9.17, 15) is 9.59 Å². The highest BCUT2D eigenvalue weighted by molar-refractivity contribution is 5.94. The first kappa shape index (κ1) is 19.4. The molecule has 5 heteroatoms. The first-order valence-electron chi connectivity index (χ1n) is 9.30. The van der Waals surface area contributed by atoms with E-state index in [-0.39, 0.29) is 23.8 Å². The van der Waals surface area contributed by atoms with Crippen molar-refractivity contribution in [1.29, 1.82) is 0 Å². The molecule has 1 saturated heterocycles. The highest BCUT2D eigenvalue weighted by atomic mass is 16.5. The minimum atomic E-state index is -0.136. The Labute approximate surface area is 150 Å². The second-order valence-corrected chi connectivity index (χ2v) is 7.06. The van der Waals surface area contributed by atoms with Gasteiger partial charge in [0, 0.05) is 18.5 Å². The minimum Gasteiger partial charge on any atom is -0.469 e. The molecule has 1 aliphatic rings. The van der Waals surface area contributed by atoms with Crippen molar-refractivity contribution in [3.8, 4) is 0 Å². The fourth-order valence-electron chi connectivity index (χ4n) is 3.51. The third kappa shape index (κ3) is 4.82. The fourth-order valence-corrected chi connectivity index (χ4v) is 3.51. The second-order valence-electron chi connectivity index (χ2n) is 7.06. The average Bonchev–Trinajstić information content (AvgIpc) is 2.66. The molecule has 0 radical (unpaired) electrons. The van der Waals surface area contributed by atoms with Crippen LogP contribution in [0.5, 0.6) is 0 Å². The molecule has 1 aromatic rings. The summed E-state index contributed by atoms with van der Waals surface area (Å²) in [6, 6.07) is 7.90. The number of hydrogen-bond acceptors (Lipinski definition) is 3. The van der Waals surface area contributed by atoms with Gasteiger partial charge >= 0.3 is 5.97 Å². The second kappa shape index (κ2) is 8.99. The Hall–Kier alpha value is -1.88. The highest BCUT2D eigenvalue weighted by Crippen LogP contribution is 2.26. The van der Waals surface area contributed by atoms with Crippen LogP contribution in [0.4, 0.5) is 5.69 Å². The monoisotopic (exact) mass is 347 g/mol. The number of amides is 1. The summed E-state index contributed by atoms with van der Waals surface area (Å²) in [5.74, 6) is 0.311. The molecule has 138 valence electrons. The molecular formula is C20H31N2O3+. The van der Waals surface area contributed by atoms with E-state index in [0.717, 1.165) is 38.0 Å². The molecule has 0 aliphatic carbocycles. The average molecular weight is 347 g/mol. The van der Waals surface area contributed by atoms with E-state index >= 15 is 0 Å². The van der Waals surface area contributed by atoms with Crippen LogP contribution in [-0.2, 0) is 14.3 Å². The molecule has 0 aromatic heterocycles. The van der Waals surface area contributed by atoms with Crippen LogP contribution < -0.4 is 10.2 Å². The van der Waals surface area contributed by atoms with Gasteiger partial charge in [-0.3, -0.25) is 9.59 Å². The van der Waals surface area contributed by atoms with Gasteiger partial charge in [0.05, 0.1) is 26.1 Å². The zero-order valence-corrected chi connectivity index (χ0v) is 15.8. The molecule has 0 bridgehead atoms. The van der Waals surface area contributed by atoms with Gasteiger partial charge in [0.1, 0.15) is 0 Å². The number of hydrogen-bond donors (Lipinski definition) is 2. The summed E-state index contributed by atoms with van der Waals surface area (Å²) in [6.45, 7) is 7.94. The van der Waals surface area contributed by atoms with E-state index in [1.54, 1.807) is 0 Å². The predicted octanol–water partition coefficient (Wildman–Crippen LogP) is 1.99. The summed E-state index contributed by atoms with van der Waals surface area (Å²) in [4.78, 5) is 25.6. The van der Waals surface area contributed by atoms with E-state index in [0.29, 0.717) is 5.92 Å². The van der Waals surface area contributed by atoms with Gasteiger partial charge in [0.25, 0.3) is 5.91 Å². The number of esters is 1. The van der Waals surface area contributed by atoms with Gasteiger partial charge in [-0.15, -0.1) is 0 Å². The van der Waals surface area contributed by atoms with Crippen LogP contribution in [0.25, 0.3) is 0 Å². The Kier molecular flexibility index (Phi) is 7.00. The van der Waals surface area contributed by atoms with Crippen LogP contribution in [0.2, 0.25) is 0 Å². The van der Waals surface area contributed by atoms with Crippen LogP contribution in [0.1, 0.15) is 51.5 Å². The quantitative estimate of drug-likeness (QED) is 0.774. The number of carbonyl (C=O) groups excluding carboxylic acids is 2. The van der Waals surface area contributed by atoms with Crippen molar-refractivity contribution in [3.05, 3.63) is 29.8 Å². The standard InChI is InChI=1S/C20H30N2O3/c1-5-14(2)17-8-6-7-9-18(17)21-19(23)15(3)22-12-10-16(11-13-22)20(24)25-4/h6-9,14-16H,5,10-13H2,1-4H3,(H,21,23)/p+1/t14-,15-/m0/s1. The normalized spacial score (nSPS) is 22.7. The van der Waals surface area contributed by atoms with Gasteiger partial charge in [-0.1, -0.05) is 32.0 Å². The van der Waals surface area contributed by atoms with Crippen molar-refractivity contribution in [2.45, 2.75) is 52.0 Å². The number of ether oxygens (including phenoxy) is 1. The number of rotatable bonds is 6. The molecular weight excluding hydrogens is 316 g/mol. The number of para-hydroxylation sites is 1. The molecule has 0 unspecified atom stereocenters. The molecule has 2 atom stereocenters. The number of carbonyl (C=O) groups is 2. The topological polar surface area (TPSA) is 59.8 Å². The van der Waals surface area contributed by atoms with Gasteiger partial charge in [-0.05, 0) is 30.9 Å². The predicted molar refractivity (Wildman–Crippen MR) is 98.7 cm³/mol. The fraction of sp³-hybridized carbons (Fsp3) is 0.600. The molecule has 25 heavy (non-hydrogen) atoms. The van der Waals surface area contributed by atoms with Crippen LogP contribution in [0.3, 0.4) is 0 Å². The SMILES string of the molecule is CC[C@H](C)c1ccccc1NC(=O)[C@H](C)[NH+]1CCC(C(=O)OC)CC1.